The number of carbonyl (C=O) groups is 1. The highest BCUT2D eigenvalue weighted by atomic mass is 16.1. The number of primary amides is 1. The highest BCUT2D eigenvalue weighted by Gasteiger charge is 2.03. The van der Waals surface area contributed by atoms with Gasteiger partial charge in [0.2, 0.25) is 5.91 Å². The van der Waals surface area contributed by atoms with Crippen molar-refractivity contribution in [2.45, 2.75) is 12.8 Å². The molecule has 1 heterocycles. The van der Waals surface area contributed by atoms with Crippen molar-refractivity contribution < 1.29 is 4.79 Å². The Morgan fingerprint density at radius 3 is 3.00 bits per heavy atom. The van der Waals surface area contributed by atoms with Crippen LogP contribution in [0.15, 0.2) is 12.3 Å². The second-order valence-electron chi connectivity index (χ2n) is 3.27. The fourth-order valence-corrected chi connectivity index (χ4v) is 1.18. The van der Waals surface area contributed by atoms with Crippen molar-refractivity contribution in [3.05, 3.63) is 17.8 Å². The fourth-order valence-electron chi connectivity index (χ4n) is 1.18. The Bertz CT molecular complexity index is 424. The third-order valence-electron chi connectivity index (χ3n) is 1.92. The lowest BCUT2D eigenvalue weighted by molar-refractivity contribution is -0.118. The molecule has 0 saturated heterocycles. The van der Waals surface area contributed by atoms with Crippen LogP contribution in [-0.4, -0.2) is 17.4 Å². The number of anilines is 2. The molecule has 84 valence electrons. The minimum Gasteiger partial charge on any atom is -0.397 e. The van der Waals surface area contributed by atoms with Crippen molar-refractivity contribution in [1.82, 2.24) is 4.98 Å². The molecule has 16 heavy (non-hydrogen) atoms. The van der Waals surface area contributed by atoms with E-state index in [1.165, 1.54) is 6.20 Å². The molecule has 1 amide bonds. The Balaban J connectivity index is 2.54. The number of rotatable bonds is 5. The second kappa shape index (κ2) is 5.56. The van der Waals surface area contributed by atoms with Crippen molar-refractivity contribution in [2.24, 2.45) is 5.73 Å². The van der Waals surface area contributed by atoms with Crippen molar-refractivity contribution in [3.63, 3.8) is 0 Å². The van der Waals surface area contributed by atoms with Crippen LogP contribution in [0, 0.1) is 11.3 Å². The summed E-state index contributed by atoms with van der Waals surface area (Å²) in [5.41, 5.74) is 11.3. The van der Waals surface area contributed by atoms with Gasteiger partial charge in [-0.1, -0.05) is 0 Å². The highest BCUT2D eigenvalue weighted by molar-refractivity contribution is 5.73. The molecule has 0 spiro atoms. The number of nitrogens with one attached hydrogen (secondary N) is 1. The lowest BCUT2D eigenvalue weighted by Gasteiger charge is -2.06. The predicted molar refractivity (Wildman–Crippen MR) is 60.3 cm³/mol. The van der Waals surface area contributed by atoms with E-state index in [0.717, 1.165) is 0 Å². The van der Waals surface area contributed by atoms with Gasteiger partial charge in [-0.25, -0.2) is 4.98 Å². The van der Waals surface area contributed by atoms with Gasteiger partial charge in [0.1, 0.15) is 11.9 Å². The number of nitrogens with two attached hydrogens (primary N) is 2. The third kappa shape index (κ3) is 3.46. The van der Waals surface area contributed by atoms with Crippen LogP contribution in [0.25, 0.3) is 0 Å². The molecule has 1 rings (SSSR count). The molecule has 0 bridgehead atoms. The Kier molecular flexibility index (Phi) is 4.09. The quantitative estimate of drug-likeness (QED) is 0.612. The van der Waals surface area contributed by atoms with Gasteiger partial charge in [-0.15, -0.1) is 0 Å². The number of amides is 1. The number of aromatic nitrogens is 1. The lowest BCUT2D eigenvalue weighted by atomic mass is 10.2. The van der Waals surface area contributed by atoms with Crippen LogP contribution < -0.4 is 16.8 Å². The van der Waals surface area contributed by atoms with E-state index in [-0.39, 0.29) is 5.91 Å². The SMILES string of the molecule is N#Cc1cc(N)cnc1NCCCC(N)=O. The molecule has 1 aromatic heterocycles. The summed E-state index contributed by atoms with van der Waals surface area (Å²) in [5, 5.41) is 11.8. The maximum absolute atomic E-state index is 10.5. The van der Waals surface area contributed by atoms with E-state index in [9.17, 15) is 4.79 Å². The molecule has 5 N–H and O–H groups in total. The molecule has 0 saturated carbocycles. The van der Waals surface area contributed by atoms with E-state index in [0.29, 0.717) is 36.5 Å². The van der Waals surface area contributed by atoms with Crippen LogP contribution in [-0.2, 0) is 4.79 Å². The molecular formula is C10H13N5O. The minimum atomic E-state index is -0.340. The number of carbonyl (C=O) groups excluding carboxylic acids is 1. The molecule has 0 aliphatic heterocycles. The first-order chi connectivity index (χ1) is 7.63. The van der Waals surface area contributed by atoms with Gasteiger partial charge in [0.05, 0.1) is 17.4 Å². The Morgan fingerprint density at radius 2 is 2.38 bits per heavy atom. The van der Waals surface area contributed by atoms with Gasteiger partial charge < -0.3 is 16.8 Å². The van der Waals surface area contributed by atoms with E-state index >= 15 is 0 Å². The van der Waals surface area contributed by atoms with Gasteiger partial charge in [0.25, 0.3) is 0 Å². The van der Waals surface area contributed by atoms with Gasteiger partial charge >= 0.3 is 0 Å². The van der Waals surface area contributed by atoms with Gasteiger partial charge in [0, 0.05) is 13.0 Å². The molecule has 0 fully saturated rings. The van der Waals surface area contributed by atoms with E-state index in [4.69, 9.17) is 16.7 Å². The van der Waals surface area contributed by atoms with Crippen LogP contribution in [0.1, 0.15) is 18.4 Å². The first-order valence-corrected chi connectivity index (χ1v) is 4.81. The molecule has 6 heteroatoms. The first kappa shape index (κ1) is 11.8. The minimum absolute atomic E-state index is 0.309. The number of nitriles is 1. The van der Waals surface area contributed by atoms with Gasteiger partial charge in [0.15, 0.2) is 0 Å². The summed E-state index contributed by atoms with van der Waals surface area (Å²) in [6.07, 6.45) is 2.38. The van der Waals surface area contributed by atoms with Crippen molar-refractivity contribution >= 4 is 17.4 Å². The molecule has 0 unspecified atom stereocenters. The topological polar surface area (TPSA) is 118 Å². The van der Waals surface area contributed by atoms with Crippen LogP contribution in [0.4, 0.5) is 11.5 Å². The van der Waals surface area contributed by atoms with E-state index < -0.39 is 0 Å². The van der Waals surface area contributed by atoms with Crippen LogP contribution in [0.2, 0.25) is 0 Å². The summed E-state index contributed by atoms with van der Waals surface area (Å²) in [6.45, 7) is 0.536. The van der Waals surface area contributed by atoms with Gasteiger partial charge in [-0.05, 0) is 12.5 Å². The molecule has 0 aromatic carbocycles. The number of hydrogen-bond acceptors (Lipinski definition) is 5. The summed E-state index contributed by atoms with van der Waals surface area (Å²) in [7, 11) is 0. The second-order valence-corrected chi connectivity index (χ2v) is 3.27. The smallest absolute Gasteiger partial charge is 0.217 e. The zero-order valence-corrected chi connectivity index (χ0v) is 8.73. The standard InChI is InChI=1S/C10H13N5O/c11-5-7-4-8(12)6-15-10(7)14-3-1-2-9(13)16/h4,6H,1-3,12H2,(H2,13,16)(H,14,15). The lowest BCUT2D eigenvalue weighted by Crippen LogP contribution is -2.13. The summed E-state index contributed by atoms with van der Waals surface area (Å²) >= 11 is 0. The van der Waals surface area contributed by atoms with Gasteiger partial charge in [-0.3, -0.25) is 4.79 Å². The van der Waals surface area contributed by atoms with E-state index in [2.05, 4.69) is 10.3 Å². The monoisotopic (exact) mass is 219 g/mol. The number of pyridine rings is 1. The van der Waals surface area contributed by atoms with Crippen molar-refractivity contribution in [1.29, 1.82) is 5.26 Å². The summed E-state index contributed by atoms with van der Waals surface area (Å²) < 4.78 is 0. The summed E-state index contributed by atoms with van der Waals surface area (Å²) in [6, 6.07) is 3.53. The Morgan fingerprint density at radius 1 is 1.62 bits per heavy atom. The maximum atomic E-state index is 10.5. The summed E-state index contributed by atoms with van der Waals surface area (Å²) in [4.78, 5) is 14.5. The average molecular weight is 219 g/mol. The Hall–Kier alpha value is -2.29. The predicted octanol–water partition coefficient (Wildman–Crippen LogP) is 0.213. The number of nitrogen functional groups attached to an aromatic ring is 1. The van der Waals surface area contributed by atoms with Gasteiger partial charge in [-0.2, -0.15) is 5.26 Å². The van der Waals surface area contributed by atoms with Crippen molar-refractivity contribution in [3.8, 4) is 6.07 Å². The van der Waals surface area contributed by atoms with E-state index in [1.807, 2.05) is 6.07 Å². The zero-order valence-electron chi connectivity index (χ0n) is 8.73. The van der Waals surface area contributed by atoms with Crippen molar-refractivity contribution in [2.75, 3.05) is 17.6 Å². The van der Waals surface area contributed by atoms with E-state index in [1.54, 1.807) is 6.07 Å². The normalized spacial score (nSPS) is 9.44. The Labute approximate surface area is 93.3 Å². The molecular weight excluding hydrogens is 206 g/mol. The largest absolute Gasteiger partial charge is 0.397 e. The zero-order chi connectivity index (χ0) is 12.0. The highest BCUT2D eigenvalue weighted by Crippen LogP contribution is 2.13. The molecule has 6 nitrogen and oxygen atoms in total. The first-order valence-electron chi connectivity index (χ1n) is 4.81. The molecule has 0 aliphatic rings. The molecule has 0 atom stereocenters. The molecule has 1 aromatic rings. The van der Waals surface area contributed by atoms with Crippen LogP contribution >= 0.6 is 0 Å². The summed E-state index contributed by atoms with van der Waals surface area (Å²) in [5.74, 6) is 0.133. The maximum Gasteiger partial charge on any atom is 0.217 e. The number of hydrogen-bond donors (Lipinski definition) is 3. The average Bonchev–Trinajstić information content (AvgIpc) is 2.25. The molecule has 0 aliphatic carbocycles. The third-order valence-corrected chi connectivity index (χ3v) is 1.92. The van der Waals surface area contributed by atoms with Crippen LogP contribution in [0.5, 0.6) is 0 Å². The van der Waals surface area contributed by atoms with Crippen LogP contribution in [0.3, 0.4) is 0 Å². The fraction of sp³-hybridized carbons (Fsp3) is 0.300. The molecule has 0 radical (unpaired) electrons. The number of nitrogens with zero attached hydrogens (tertiary/aromatic N) is 2.